The van der Waals surface area contributed by atoms with E-state index in [-0.39, 0.29) is 23.9 Å². The summed E-state index contributed by atoms with van der Waals surface area (Å²) in [5.41, 5.74) is 6.00. The van der Waals surface area contributed by atoms with Crippen molar-refractivity contribution < 1.29 is 18.4 Å². The van der Waals surface area contributed by atoms with E-state index in [1.165, 1.54) is 18.2 Å². The molecule has 0 spiro atoms. The van der Waals surface area contributed by atoms with Gasteiger partial charge in [0.15, 0.2) is 5.76 Å². The normalized spacial score (nSPS) is 10.4. The zero-order valence-electron chi connectivity index (χ0n) is 13.5. The zero-order valence-corrected chi connectivity index (χ0v) is 14.2. The lowest BCUT2D eigenvalue weighted by Crippen LogP contribution is -2.42. The highest BCUT2D eigenvalue weighted by Gasteiger charge is 2.13. The minimum absolute atomic E-state index is 0.0242. The van der Waals surface area contributed by atoms with Gasteiger partial charge >= 0.3 is 5.91 Å². The molecular weight excluding hydrogens is 359 g/mol. The average molecular weight is 373 g/mol. The predicted molar refractivity (Wildman–Crippen MR) is 94.9 cm³/mol. The molecule has 7 heteroatoms. The second-order valence-electron chi connectivity index (χ2n) is 5.48. The Bertz CT molecular complexity index is 921. The van der Waals surface area contributed by atoms with Crippen molar-refractivity contribution in [2.75, 3.05) is 0 Å². The number of rotatable bonds is 4. The van der Waals surface area contributed by atoms with Crippen LogP contribution in [0.4, 0.5) is 4.39 Å². The van der Waals surface area contributed by atoms with Crippen LogP contribution in [0.1, 0.15) is 16.1 Å². The lowest BCUT2D eigenvalue weighted by atomic mass is 10.1. The van der Waals surface area contributed by atoms with Gasteiger partial charge in [-0.3, -0.25) is 20.4 Å². The summed E-state index contributed by atoms with van der Waals surface area (Å²) in [5, 5.41) is 0.581. The van der Waals surface area contributed by atoms with Crippen LogP contribution in [0.15, 0.2) is 65.1 Å². The van der Waals surface area contributed by atoms with Gasteiger partial charge in [0.05, 0.1) is 6.42 Å². The Morgan fingerprint density at radius 3 is 2.31 bits per heavy atom. The van der Waals surface area contributed by atoms with Crippen LogP contribution in [-0.4, -0.2) is 11.8 Å². The lowest BCUT2D eigenvalue weighted by molar-refractivity contribution is -0.121. The van der Waals surface area contributed by atoms with Gasteiger partial charge < -0.3 is 4.42 Å². The van der Waals surface area contributed by atoms with Crippen molar-refractivity contribution in [1.29, 1.82) is 0 Å². The maximum absolute atomic E-state index is 12.9. The molecule has 0 unspecified atom stereocenters. The van der Waals surface area contributed by atoms with E-state index >= 15 is 0 Å². The van der Waals surface area contributed by atoms with Gasteiger partial charge in [0.25, 0.3) is 0 Å². The number of carbonyl (C=O) groups excluding carboxylic acids is 2. The first kappa shape index (κ1) is 17.7. The first-order chi connectivity index (χ1) is 12.5. The third-order valence-corrected chi connectivity index (χ3v) is 3.80. The van der Waals surface area contributed by atoms with Gasteiger partial charge in [-0.25, -0.2) is 4.39 Å². The molecule has 3 aromatic rings. The molecule has 0 aliphatic carbocycles. The number of hydrazine groups is 1. The van der Waals surface area contributed by atoms with Gasteiger partial charge in [0.1, 0.15) is 11.6 Å². The van der Waals surface area contributed by atoms with Crippen LogP contribution in [0.25, 0.3) is 11.3 Å². The monoisotopic (exact) mass is 372 g/mol. The third-order valence-electron chi connectivity index (χ3n) is 3.55. The molecule has 0 atom stereocenters. The second-order valence-corrected chi connectivity index (χ2v) is 5.91. The molecule has 1 heterocycles. The van der Waals surface area contributed by atoms with Gasteiger partial charge in [-0.1, -0.05) is 23.7 Å². The number of halogens is 2. The molecule has 2 aromatic carbocycles. The van der Waals surface area contributed by atoms with Gasteiger partial charge in [-0.2, -0.15) is 0 Å². The summed E-state index contributed by atoms with van der Waals surface area (Å²) in [6.07, 6.45) is 0.0937. The summed E-state index contributed by atoms with van der Waals surface area (Å²) in [5.74, 6) is -0.894. The third kappa shape index (κ3) is 4.49. The van der Waals surface area contributed by atoms with Crippen LogP contribution < -0.4 is 10.9 Å². The molecular formula is C19H14ClFN2O3. The molecule has 5 nitrogen and oxygen atoms in total. The molecule has 0 bridgehead atoms. The highest BCUT2D eigenvalue weighted by molar-refractivity contribution is 6.30. The highest BCUT2D eigenvalue weighted by Crippen LogP contribution is 2.22. The molecule has 0 radical (unpaired) electrons. The van der Waals surface area contributed by atoms with E-state index in [1.54, 1.807) is 42.5 Å². The fourth-order valence-electron chi connectivity index (χ4n) is 2.25. The Kier molecular flexibility index (Phi) is 5.34. The summed E-state index contributed by atoms with van der Waals surface area (Å²) >= 11 is 5.79. The first-order valence-corrected chi connectivity index (χ1v) is 8.08. The van der Waals surface area contributed by atoms with Gasteiger partial charge in [-0.05, 0) is 54.1 Å². The van der Waals surface area contributed by atoms with Crippen molar-refractivity contribution in [2.45, 2.75) is 6.42 Å². The van der Waals surface area contributed by atoms with Crippen LogP contribution in [0.2, 0.25) is 5.02 Å². The molecule has 26 heavy (non-hydrogen) atoms. The Hall–Kier alpha value is -3.12. The van der Waals surface area contributed by atoms with Crippen LogP contribution in [-0.2, 0) is 11.2 Å². The van der Waals surface area contributed by atoms with Crippen molar-refractivity contribution >= 4 is 23.4 Å². The summed E-state index contributed by atoms with van der Waals surface area (Å²) in [4.78, 5) is 23.9. The predicted octanol–water partition coefficient (Wildman–Crippen LogP) is 3.74. The van der Waals surface area contributed by atoms with E-state index in [0.717, 1.165) is 5.56 Å². The zero-order chi connectivity index (χ0) is 18.5. The van der Waals surface area contributed by atoms with Gasteiger partial charge in [0, 0.05) is 10.6 Å². The molecule has 0 aliphatic heterocycles. The molecule has 0 fully saturated rings. The summed E-state index contributed by atoms with van der Waals surface area (Å²) in [6, 6.07) is 15.6. The topological polar surface area (TPSA) is 71.3 Å². The second kappa shape index (κ2) is 7.84. The molecule has 132 valence electrons. The van der Waals surface area contributed by atoms with Crippen molar-refractivity contribution in [3.8, 4) is 11.3 Å². The summed E-state index contributed by atoms with van der Waals surface area (Å²) in [7, 11) is 0. The van der Waals surface area contributed by atoms with Gasteiger partial charge in [0.2, 0.25) is 5.91 Å². The van der Waals surface area contributed by atoms with E-state index in [1.807, 2.05) is 0 Å². The molecule has 0 saturated heterocycles. The number of carbonyl (C=O) groups is 2. The Balaban J connectivity index is 1.55. The number of amides is 2. The standard InChI is InChI=1S/C19H14ClFN2O3/c20-14-5-1-12(2-6-14)11-18(24)22-23-19(25)17-10-9-16(26-17)13-3-7-15(21)8-4-13/h1-10H,11H2,(H,22,24)(H,23,25). The smallest absolute Gasteiger partial charge is 0.305 e. The van der Waals surface area contributed by atoms with E-state index in [4.69, 9.17) is 16.0 Å². The largest absolute Gasteiger partial charge is 0.451 e. The number of hydrogen-bond acceptors (Lipinski definition) is 3. The van der Waals surface area contributed by atoms with Crippen LogP contribution >= 0.6 is 11.6 Å². The number of hydrogen-bond donors (Lipinski definition) is 2. The molecule has 0 aliphatic rings. The highest BCUT2D eigenvalue weighted by atomic mass is 35.5. The maximum atomic E-state index is 12.9. The quantitative estimate of drug-likeness (QED) is 0.685. The van der Waals surface area contributed by atoms with E-state index in [0.29, 0.717) is 16.3 Å². The van der Waals surface area contributed by atoms with Crippen molar-refractivity contribution in [2.24, 2.45) is 0 Å². The maximum Gasteiger partial charge on any atom is 0.305 e. The van der Waals surface area contributed by atoms with E-state index in [2.05, 4.69) is 10.9 Å². The fraction of sp³-hybridized carbons (Fsp3) is 0.0526. The van der Waals surface area contributed by atoms with E-state index in [9.17, 15) is 14.0 Å². The van der Waals surface area contributed by atoms with Crippen LogP contribution in [0, 0.1) is 5.82 Å². The minimum atomic E-state index is -0.595. The number of benzene rings is 2. The number of nitrogens with one attached hydrogen (secondary N) is 2. The average Bonchev–Trinajstić information content (AvgIpc) is 3.12. The first-order valence-electron chi connectivity index (χ1n) is 7.70. The lowest BCUT2D eigenvalue weighted by Gasteiger charge is -2.06. The van der Waals surface area contributed by atoms with Crippen LogP contribution in [0.5, 0.6) is 0 Å². The Morgan fingerprint density at radius 2 is 1.62 bits per heavy atom. The molecule has 0 saturated carbocycles. The SMILES string of the molecule is O=C(Cc1ccc(Cl)cc1)NNC(=O)c1ccc(-c2ccc(F)cc2)o1. The minimum Gasteiger partial charge on any atom is -0.451 e. The Labute approximate surface area is 153 Å². The molecule has 2 amide bonds. The molecule has 2 N–H and O–H groups in total. The van der Waals surface area contributed by atoms with Crippen molar-refractivity contribution in [3.63, 3.8) is 0 Å². The molecule has 1 aromatic heterocycles. The van der Waals surface area contributed by atoms with E-state index < -0.39 is 5.91 Å². The molecule has 3 rings (SSSR count). The Morgan fingerprint density at radius 1 is 0.923 bits per heavy atom. The fourth-order valence-corrected chi connectivity index (χ4v) is 2.38. The number of furan rings is 1. The summed E-state index contributed by atoms with van der Waals surface area (Å²) in [6.45, 7) is 0. The van der Waals surface area contributed by atoms with Crippen LogP contribution in [0.3, 0.4) is 0 Å². The van der Waals surface area contributed by atoms with Gasteiger partial charge in [-0.15, -0.1) is 0 Å². The van der Waals surface area contributed by atoms with Crippen molar-refractivity contribution in [1.82, 2.24) is 10.9 Å². The van der Waals surface area contributed by atoms with Crippen molar-refractivity contribution in [3.05, 3.63) is 82.8 Å². The summed E-state index contributed by atoms with van der Waals surface area (Å²) < 4.78 is 18.4.